The molecular weight excluding hydrogens is 228 g/mol. The highest BCUT2D eigenvalue weighted by atomic mass is 15.2. The van der Waals surface area contributed by atoms with E-state index < -0.39 is 0 Å². The van der Waals surface area contributed by atoms with Crippen LogP contribution in [-0.2, 0) is 20.0 Å². The van der Waals surface area contributed by atoms with Gasteiger partial charge in [-0.1, -0.05) is 6.92 Å². The summed E-state index contributed by atoms with van der Waals surface area (Å²) in [5.74, 6) is 2.09. The molecule has 0 aliphatic rings. The third kappa shape index (κ3) is 2.58. The normalized spacial score (nSPS) is 10.6. The van der Waals surface area contributed by atoms with E-state index in [1.165, 1.54) is 0 Å². The Morgan fingerprint density at radius 3 is 2.78 bits per heavy atom. The lowest BCUT2D eigenvalue weighted by atomic mass is 10.3. The molecule has 0 aliphatic carbocycles. The lowest BCUT2D eigenvalue weighted by molar-refractivity contribution is 0.767. The summed E-state index contributed by atoms with van der Waals surface area (Å²) in [5, 5.41) is 7.40. The number of nitrogens with one attached hydrogen (secondary N) is 1. The van der Waals surface area contributed by atoms with Crippen LogP contribution in [0.3, 0.4) is 0 Å². The largest absolute Gasteiger partial charge is 0.383 e. The minimum Gasteiger partial charge on any atom is -0.383 e. The van der Waals surface area contributed by atoms with Crippen molar-refractivity contribution in [2.75, 3.05) is 11.1 Å². The van der Waals surface area contributed by atoms with Crippen LogP contribution in [0.4, 0.5) is 11.6 Å². The Morgan fingerprint density at radius 1 is 1.39 bits per heavy atom. The molecule has 96 valence electrons. The van der Waals surface area contributed by atoms with E-state index in [0.717, 1.165) is 29.2 Å². The first kappa shape index (κ1) is 12.3. The SMILES string of the molecule is CCc1nc(N)c(C)c(NCc2cnn(C)c2)n1. The molecule has 6 heteroatoms. The average Bonchev–Trinajstić information content (AvgIpc) is 2.77. The highest BCUT2D eigenvalue weighted by Crippen LogP contribution is 2.18. The Balaban J connectivity index is 2.15. The molecule has 0 saturated carbocycles. The number of nitrogens with two attached hydrogens (primary N) is 1. The van der Waals surface area contributed by atoms with Crippen molar-refractivity contribution in [2.24, 2.45) is 7.05 Å². The summed E-state index contributed by atoms with van der Waals surface area (Å²) in [7, 11) is 1.90. The van der Waals surface area contributed by atoms with Crippen LogP contribution >= 0.6 is 0 Å². The zero-order chi connectivity index (χ0) is 13.1. The van der Waals surface area contributed by atoms with E-state index in [1.54, 1.807) is 4.68 Å². The third-order valence-corrected chi connectivity index (χ3v) is 2.76. The summed E-state index contributed by atoms with van der Waals surface area (Å²) in [6.07, 6.45) is 4.56. The molecule has 0 radical (unpaired) electrons. The van der Waals surface area contributed by atoms with Crippen LogP contribution in [0, 0.1) is 6.92 Å². The Labute approximate surface area is 106 Å². The van der Waals surface area contributed by atoms with Crippen molar-refractivity contribution in [3.05, 3.63) is 29.3 Å². The van der Waals surface area contributed by atoms with Crippen LogP contribution in [0.2, 0.25) is 0 Å². The highest BCUT2D eigenvalue weighted by molar-refractivity contribution is 5.54. The van der Waals surface area contributed by atoms with E-state index in [2.05, 4.69) is 20.4 Å². The molecule has 0 aliphatic heterocycles. The van der Waals surface area contributed by atoms with Gasteiger partial charge in [0.25, 0.3) is 0 Å². The number of anilines is 2. The van der Waals surface area contributed by atoms with Gasteiger partial charge in [0, 0.05) is 37.3 Å². The topological polar surface area (TPSA) is 81.6 Å². The Morgan fingerprint density at radius 2 is 2.17 bits per heavy atom. The van der Waals surface area contributed by atoms with Gasteiger partial charge >= 0.3 is 0 Å². The third-order valence-electron chi connectivity index (χ3n) is 2.76. The van der Waals surface area contributed by atoms with Crippen molar-refractivity contribution in [3.63, 3.8) is 0 Å². The first-order valence-electron chi connectivity index (χ1n) is 5.94. The fourth-order valence-electron chi connectivity index (χ4n) is 1.66. The lowest BCUT2D eigenvalue weighted by Gasteiger charge is -2.10. The zero-order valence-electron chi connectivity index (χ0n) is 10.9. The molecule has 0 aromatic carbocycles. The molecule has 0 unspecified atom stereocenters. The quantitative estimate of drug-likeness (QED) is 0.849. The van der Waals surface area contributed by atoms with E-state index in [0.29, 0.717) is 12.4 Å². The van der Waals surface area contributed by atoms with Gasteiger partial charge in [-0.2, -0.15) is 5.10 Å². The molecular formula is C12H18N6. The predicted octanol–water partition coefficient (Wildman–Crippen LogP) is 1.28. The number of nitrogens with zero attached hydrogens (tertiary/aromatic N) is 4. The summed E-state index contributed by atoms with van der Waals surface area (Å²) in [6.45, 7) is 4.60. The summed E-state index contributed by atoms with van der Waals surface area (Å²) >= 11 is 0. The molecule has 2 rings (SSSR count). The van der Waals surface area contributed by atoms with E-state index in [9.17, 15) is 0 Å². The molecule has 0 fully saturated rings. The zero-order valence-corrected chi connectivity index (χ0v) is 10.9. The van der Waals surface area contributed by atoms with Gasteiger partial charge in [0.1, 0.15) is 17.5 Å². The van der Waals surface area contributed by atoms with Crippen LogP contribution in [0.5, 0.6) is 0 Å². The van der Waals surface area contributed by atoms with Gasteiger partial charge < -0.3 is 11.1 Å². The fraction of sp³-hybridized carbons (Fsp3) is 0.417. The smallest absolute Gasteiger partial charge is 0.135 e. The van der Waals surface area contributed by atoms with Crippen molar-refractivity contribution in [2.45, 2.75) is 26.8 Å². The van der Waals surface area contributed by atoms with Crippen LogP contribution < -0.4 is 11.1 Å². The van der Waals surface area contributed by atoms with Gasteiger partial charge in [-0.25, -0.2) is 9.97 Å². The van der Waals surface area contributed by atoms with Gasteiger partial charge in [-0.15, -0.1) is 0 Å². The molecule has 0 spiro atoms. The van der Waals surface area contributed by atoms with Gasteiger partial charge in [-0.3, -0.25) is 4.68 Å². The molecule has 18 heavy (non-hydrogen) atoms. The van der Waals surface area contributed by atoms with Gasteiger partial charge in [0.2, 0.25) is 0 Å². The maximum absolute atomic E-state index is 5.86. The molecule has 0 amide bonds. The molecule has 2 aromatic rings. The predicted molar refractivity (Wildman–Crippen MR) is 71.1 cm³/mol. The molecule has 3 N–H and O–H groups in total. The Hall–Kier alpha value is -2.11. The minimum atomic E-state index is 0.538. The summed E-state index contributed by atoms with van der Waals surface area (Å²) < 4.78 is 1.77. The maximum atomic E-state index is 5.86. The molecule has 0 atom stereocenters. The van der Waals surface area contributed by atoms with E-state index in [4.69, 9.17) is 5.73 Å². The first-order chi connectivity index (χ1) is 8.60. The van der Waals surface area contributed by atoms with Gasteiger partial charge in [0.05, 0.1) is 6.20 Å². The second kappa shape index (κ2) is 5.03. The van der Waals surface area contributed by atoms with Crippen molar-refractivity contribution < 1.29 is 0 Å². The van der Waals surface area contributed by atoms with Crippen molar-refractivity contribution >= 4 is 11.6 Å². The minimum absolute atomic E-state index is 0.538. The van der Waals surface area contributed by atoms with Crippen LogP contribution in [-0.4, -0.2) is 19.7 Å². The Kier molecular flexibility index (Phi) is 3.45. The summed E-state index contributed by atoms with van der Waals surface area (Å²) in [6, 6.07) is 0. The molecule has 2 heterocycles. The molecule has 6 nitrogen and oxygen atoms in total. The number of hydrogen-bond acceptors (Lipinski definition) is 5. The Bertz CT molecular complexity index is 545. The lowest BCUT2D eigenvalue weighted by Crippen LogP contribution is -2.09. The van der Waals surface area contributed by atoms with Crippen molar-refractivity contribution in [1.82, 2.24) is 19.7 Å². The van der Waals surface area contributed by atoms with Crippen molar-refractivity contribution in [1.29, 1.82) is 0 Å². The van der Waals surface area contributed by atoms with E-state index in [-0.39, 0.29) is 0 Å². The molecule has 0 saturated heterocycles. The summed E-state index contributed by atoms with van der Waals surface area (Å²) in [4.78, 5) is 8.67. The van der Waals surface area contributed by atoms with E-state index >= 15 is 0 Å². The number of rotatable bonds is 4. The van der Waals surface area contributed by atoms with Gasteiger partial charge in [0.15, 0.2) is 0 Å². The number of aromatic nitrogens is 4. The second-order valence-corrected chi connectivity index (χ2v) is 4.23. The second-order valence-electron chi connectivity index (χ2n) is 4.23. The number of nitrogen functional groups attached to an aromatic ring is 1. The van der Waals surface area contributed by atoms with Crippen LogP contribution in [0.25, 0.3) is 0 Å². The molecule has 2 aromatic heterocycles. The number of hydrogen-bond donors (Lipinski definition) is 2. The fourth-order valence-corrected chi connectivity index (χ4v) is 1.66. The van der Waals surface area contributed by atoms with Crippen LogP contribution in [0.1, 0.15) is 23.9 Å². The first-order valence-corrected chi connectivity index (χ1v) is 5.94. The van der Waals surface area contributed by atoms with Gasteiger partial charge in [-0.05, 0) is 6.92 Å². The summed E-state index contributed by atoms with van der Waals surface area (Å²) in [5.41, 5.74) is 7.85. The molecule has 0 bridgehead atoms. The highest BCUT2D eigenvalue weighted by Gasteiger charge is 2.07. The monoisotopic (exact) mass is 246 g/mol. The van der Waals surface area contributed by atoms with Crippen LogP contribution in [0.15, 0.2) is 12.4 Å². The van der Waals surface area contributed by atoms with Crippen molar-refractivity contribution in [3.8, 4) is 0 Å². The van der Waals surface area contributed by atoms with E-state index in [1.807, 2.05) is 33.3 Å². The maximum Gasteiger partial charge on any atom is 0.135 e. The average molecular weight is 246 g/mol. The standard InChI is InChI=1S/C12H18N6/c1-4-10-16-11(13)8(2)12(17-10)14-5-9-6-15-18(3)7-9/h6-7H,4-5H2,1-3H3,(H3,13,14,16,17). The number of aryl methyl sites for hydroxylation is 2.